The van der Waals surface area contributed by atoms with Gasteiger partial charge in [-0.1, -0.05) is 0 Å². The van der Waals surface area contributed by atoms with Gasteiger partial charge in [0, 0.05) is 31.1 Å². The molecule has 2 N–H and O–H groups in total. The number of hydrogen-bond acceptors (Lipinski definition) is 4. The Morgan fingerprint density at radius 3 is 2.61 bits per heavy atom. The molecule has 1 aromatic rings. The minimum Gasteiger partial charge on any atom is -0.310 e. The molecule has 0 unspecified atom stereocenters. The second kappa shape index (κ2) is 6.11. The molecular formula is C13H24N4O. The summed E-state index contributed by atoms with van der Waals surface area (Å²) < 4.78 is 0. The first-order valence-electron chi connectivity index (χ1n) is 6.25. The van der Waals surface area contributed by atoms with Crippen LogP contribution in [0.3, 0.4) is 0 Å². The molecule has 0 radical (unpaired) electrons. The SMILES string of the molecule is CN(C)CCc1nc(CNC(C)(C)C)cc(=O)[nH]1. The third kappa shape index (κ3) is 5.93. The van der Waals surface area contributed by atoms with E-state index in [1.54, 1.807) is 6.07 Å². The van der Waals surface area contributed by atoms with Gasteiger partial charge in [-0.25, -0.2) is 4.98 Å². The molecule has 0 spiro atoms. The lowest BCUT2D eigenvalue weighted by Crippen LogP contribution is -2.35. The molecular weight excluding hydrogens is 228 g/mol. The van der Waals surface area contributed by atoms with Gasteiger partial charge in [0.2, 0.25) is 0 Å². The van der Waals surface area contributed by atoms with Crippen molar-refractivity contribution in [1.82, 2.24) is 20.2 Å². The summed E-state index contributed by atoms with van der Waals surface area (Å²) in [6.07, 6.45) is 0.756. The minimum absolute atomic E-state index is 0.0219. The lowest BCUT2D eigenvalue weighted by Gasteiger charge is -2.20. The van der Waals surface area contributed by atoms with E-state index in [2.05, 4.69) is 41.0 Å². The number of H-pyrrole nitrogens is 1. The molecule has 5 heteroatoms. The van der Waals surface area contributed by atoms with Crippen molar-refractivity contribution >= 4 is 0 Å². The third-order valence-electron chi connectivity index (χ3n) is 2.44. The van der Waals surface area contributed by atoms with Gasteiger partial charge in [0.15, 0.2) is 0 Å². The highest BCUT2D eigenvalue weighted by Gasteiger charge is 2.10. The van der Waals surface area contributed by atoms with E-state index in [4.69, 9.17) is 0 Å². The molecule has 0 aromatic carbocycles. The van der Waals surface area contributed by atoms with Gasteiger partial charge in [0.05, 0.1) is 5.69 Å². The minimum atomic E-state index is -0.0792. The first kappa shape index (κ1) is 14.9. The van der Waals surface area contributed by atoms with Crippen LogP contribution >= 0.6 is 0 Å². The zero-order chi connectivity index (χ0) is 13.8. The maximum Gasteiger partial charge on any atom is 0.251 e. The van der Waals surface area contributed by atoms with Crippen LogP contribution in [0.25, 0.3) is 0 Å². The predicted molar refractivity (Wildman–Crippen MR) is 73.7 cm³/mol. The number of aromatic amines is 1. The standard InChI is InChI=1S/C13H24N4O/c1-13(2,3)14-9-10-8-12(18)16-11(15-10)6-7-17(4)5/h8,14H,6-7,9H2,1-5H3,(H,15,16,18). The molecule has 1 heterocycles. The summed E-state index contributed by atoms with van der Waals surface area (Å²) in [5.74, 6) is 0.752. The van der Waals surface area contributed by atoms with E-state index < -0.39 is 0 Å². The van der Waals surface area contributed by atoms with Gasteiger partial charge in [-0.05, 0) is 34.9 Å². The summed E-state index contributed by atoms with van der Waals surface area (Å²) in [4.78, 5) is 20.9. The van der Waals surface area contributed by atoms with Gasteiger partial charge in [-0.2, -0.15) is 0 Å². The average molecular weight is 252 g/mol. The highest BCUT2D eigenvalue weighted by Crippen LogP contribution is 2.01. The molecule has 0 saturated carbocycles. The monoisotopic (exact) mass is 252 g/mol. The van der Waals surface area contributed by atoms with E-state index in [0.29, 0.717) is 6.54 Å². The maximum absolute atomic E-state index is 11.5. The molecule has 0 amide bonds. The van der Waals surface area contributed by atoms with E-state index in [-0.39, 0.29) is 11.1 Å². The van der Waals surface area contributed by atoms with Gasteiger partial charge in [-0.15, -0.1) is 0 Å². The van der Waals surface area contributed by atoms with Crippen LogP contribution in [0.5, 0.6) is 0 Å². The van der Waals surface area contributed by atoms with Gasteiger partial charge in [0.1, 0.15) is 5.82 Å². The molecule has 0 fully saturated rings. The van der Waals surface area contributed by atoms with E-state index in [1.165, 1.54) is 0 Å². The quantitative estimate of drug-likeness (QED) is 0.812. The van der Waals surface area contributed by atoms with Crippen molar-refractivity contribution < 1.29 is 0 Å². The van der Waals surface area contributed by atoms with Crippen LogP contribution in [0.1, 0.15) is 32.3 Å². The van der Waals surface area contributed by atoms with Crippen LogP contribution in [0.2, 0.25) is 0 Å². The molecule has 0 aliphatic carbocycles. The Hall–Kier alpha value is -1.20. The Bertz CT molecular complexity index is 431. The number of nitrogens with one attached hydrogen (secondary N) is 2. The number of hydrogen-bond donors (Lipinski definition) is 2. The topological polar surface area (TPSA) is 61.0 Å². The van der Waals surface area contributed by atoms with Crippen molar-refractivity contribution in [3.63, 3.8) is 0 Å². The second-order valence-corrected chi connectivity index (χ2v) is 5.84. The fraction of sp³-hybridized carbons (Fsp3) is 0.692. The van der Waals surface area contributed by atoms with Crippen LogP contribution in [0.4, 0.5) is 0 Å². The summed E-state index contributed by atoms with van der Waals surface area (Å²) in [5, 5.41) is 3.33. The molecule has 1 aromatic heterocycles. The number of rotatable bonds is 5. The van der Waals surface area contributed by atoms with Gasteiger partial charge >= 0.3 is 0 Å². The number of nitrogens with zero attached hydrogens (tertiary/aromatic N) is 2. The Kier molecular flexibility index (Phi) is 5.04. The molecule has 0 aliphatic rings. The van der Waals surface area contributed by atoms with Crippen LogP contribution in [0.15, 0.2) is 10.9 Å². The summed E-state index contributed by atoms with van der Waals surface area (Å²) >= 11 is 0. The summed E-state index contributed by atoms with van der Waals surface area (Å²) in [7, 11) is 4.01. The van der Waals surface area contributed by atoms with E-state index in [1.807, 2.05) is 14.1 Å². The molecule has 5 nitrogen and oxygen atoms in total. The van der Waals surface area contributed by atoms with Crippen molar-refractivity contribution in [1.29, 1.82) is 0 Å². The van der Waals surface area contributed by atoms with E-state index >= 15 is 0 Å². The molecule has 102 valence electrons. The van der Waals surface area contributed by atoms with Gasteiger partial charge < -0.3 is 15.2 Å². The van der Waals surface area contributed by atoms with Crippen LogP contribution in [-0.2, 0) is 13.0 Å². The fourth-order valence-corrected chi connectivity index (χ4v) is 1.46. The predicted octanol–water partition coefficient (Wildman–Crippen LogP) is 0.762. The van der Waals surface area contributed by atoms with Crippen molar-refractivity contribution in [2.75, 3.05) is 20.6 Å². The summed E-state index contributed by atoms with van der Waals surface area (Å²) in [5.41, 5.74) is 0.737. The number of likely N-dealkylation sites (N-methyl/N-ethyl adjacent to an activating group) is 1. The Morgan fingerprint density at radius 2 is 2.06 bits per heavy atom. The highest BCUT2D eigenvalue weighted by molar-refractivity contribution is 5.03. The Morgan fingerprint density at radius 1 is 1.39 bits per heavy atom. The smallest absolute Gasteiger partial charge is 0.251 e. The van der Waals surface area contributed by atoms with Crippen molar-refractivity contribution in [3.8, 4) is 0 Å². The number of aromatic nitrogens is 2. The normalized spacial score (nSPS) is 12.1. The Labute approximate surface area is 109 Å². The van der Waals surface area contributed by atoms with E-state index in [0.717, 1.165) is 24.5 Å². The van der Waals surface area contributed by atoms with Crippen LogP contribution < -0.4 is 10.9 Å². The van der Waals surface area contributed by atoms with Crippen LogP contribution in [-0.4, -0.2) is 41.0 Å². The zero-order valence-corrected chi connectivity index (χ0v) is 12.0. The molecule has 0 atom stereocenters. The van der Waals surface area contributed by atoms with Gasteiger partial charge in [0.25, 0.3) is 5.56 Å². The zero-order valence-electron chi connectivity index (χ0n) is 12.0. The average Bonchev–Trinajstić information content (AvgIpc) is 2.22. The van der Waals surface area contributed by atoms with E-state index in [9.17, 15) is 4.79 Å². The first-order valence-corrected chi connectivity index (χ1v) is 6.25. The van der Waals surface area contributed by atoms with Crippen LogP contribution in [0, 0.1) is 0 Å². The molecule has 18 heavy (non-hydrogen) atoms. The highest BCUT2D eigenvalue weighted by atomic mass is 16.1. The van der Waals surface area contributed by atoms with Crippen molar-refractivity contribution in [2.24, 2.45) is 0 Å². The first-order chi connectivity index (χ1) is 8.26. The Balaban J connectivity index is 2.71. The molecule has 0 saturated heterocycles. The summed E-state index contributed by atoms with van der Waals surface area (Å²) in [6.45, 7) is 7.76. The van der Waals surface area contributed by atoms with Crippen molar-refractivity contribution in [3.05, 3.63) is 27.9 Å². The third-order valence-corrected chi connectivity index (χ3v) is 2.44. The molecule has 0 bridgehead atoms. The largest absolute Gasteiger partial charge is 0.310 e. The maximum atomic E-state index is 11.5. The lowest BCUT2D eigenvalue weighted by atomic mass is 10.1. The lowest BCUT2D eigenvalue weighted by molar-refractivity contribution is 0.406. The van der Waals surface area contributed by atoms with Crippen molar-refractivity contribution in [2.45, 2.75) is 39.3 Å². The molecule has 0 aliphatic heterocycles. The second-order valence-electron chi connectivity index (χ2n) is 5.84. The molecule has 1 rings (SSSR count). The van der Waals surface area contributed by atoms with Gasteiger partial charge in [-0.3, -0.25) is 4.79 Å². The summed E-state index contributed by atoms with van der Waals surface area (Å²) in [6, 6.07) is 1.55. The fourth-order valence-electron chi connectivity index (χ4n) is 1.46.